The first-order valence-corrected chi connectivity index (χ1v) is 9.19. The van der Waals surface area contributed by atoms with E-state index in [-0.39, 0.29) is 11.0 Å². The number of anilines is 1. The first-order chi connectivity index (χ1) is 13.7. The molecule has 1 amide bonds. The summed E-state index contributed by atoms with van der Waals surface area (Å²) in [5, 5.41) is 5.86. The van der Waals surface area contributed by atoms with Crippen molar-refractivity contribution in [1.82, 2.24) is 5.32 Å². The van der Waals surface area contributed by atoms with Crippen molar-refractivity contribution in [3.05, 3.63) is 90.5 Å². The third kappa shape index (κ3) is 6.10. The maximum atomic E-state index is 12.3. The number of hydrogen-bond acceptors (Lipinski definition) is 4. The molecular formula is C22H20N2O3S. The van der Waals surface area contributed by atoms with Crippen molar-refractivity contribution in [2.24, 2.45) is 0 Å². The van der Waals surface area contributed by atoms with Crippen LogP contribution < -0.4 is 20.1 Å². The molecule has 0 spiro atoms. The average Bonchev–Trinajstić information content (AvgIpc) is 2.73. The molecule has 2 N–H and O–H groups in total. The van der Waals surface area contributed by atoms with Crippen LogP contribution >= 0.6 is 12.2 Å². The van der Waals surface area contributed by atoms with E-state index in [1.165, 1.54) is 0 Å². The third-order valence-electron chi connectivity index (χ3n) is 3.74. The molecule has 0 bridgehead atoms. The van der Waals surface area contributed by atoms with Crippen LogP contribution in [0.3, 0.4) is 0 Å². The number of carbonyl (C=O) groups is 1. The molecule has 0 radical (unpaired) electrons. The van der Waals surface area contributed by atoms with E-state index < -0.39 is 0 Å². The minimum absolute atomic E-state index is 0.245. The van der Waals surface area contributed by atoms with Crippen molar-refractivity contribution in [3.63, 3.8) is 0 Å². The fourth-order valence-corrected chi connectivity index (χ4v) is 2.61. The Balaban J connectivity index is 1.42. The van der Waals surface area contributed by atoms with Crippen LogP contribution in [-0.2, 0) is 0 Å². The van der Waals surface area contributed by atoms with Gasteiger partial charge in [0.25, 0.3) is 5.91 Å². The van der Waals surface area contributed by atoms with E-state index in [9.17, 15) is 4.79 Å². The van der Waals surface area contributed by atoms with Gasteiger partial charge in [0.15, 0.2) is 5.11 Å². The van der Waals surface area contributed by atoms with E-state index >= 15 is 0 Å². The molecule has 3 aromatic rings. The van der Waals surface area contributed by atoms with E-state index in [0.717, 1.165) is 11.4 Å². The minimum atomic E-state index is -0.285. The summed E-state index contributed by atoms with van der Waals surface area (Å²) in [4.78, 5) is 12.3. The Hall–Kier alpha value is -3.38. The second-order valence-electron chi connectivity index (χ2n) is 5.81. The van der Waals surface area contributed by atoms with E-state index in [1.807, 2.05) is 60.7 Å². The molecule has 0 unspecified atom stereocenters. The van der Waals surface area contributed by atoms with Gasteiger partial charge in [-0.3, -0.25) is 10.1 Å². The van der Waals surface area contributed by atoms with Gasteiger partial charge < -0.3 is 14.8 Å². The third-order valence-corrected chi connectivity index (χ3v) is 3.94. The minimum Gasteiger partial charge on any atom is -0.490 e. The molecule has 0 aliphatic carbocycles. The van der Waals surface area contributed by atoms with Crippen LogP contribution in [0.25, 0.3) is 0 Å². The highest BCUT2D eigenvalue weighted by Gasteiger charge is 2.08. The zero-order valence-electron chi connectivity index (χ0n) is 15.1. The SMILES string of the molecule is O=C(NC(=S)Nc1ccccc1)c1ccc(OCCOc2ccccc2)cc1. The molecule has 6 heteroatoms. The van der Waals surface area contributed by atoms with Gasteiger partial charge in [0.1, 0.15) is 24.7 Å². The molecule has 0 heterocycles. The van der Waals surface area contributed by atoms with E-state index in [2.05, 4.69) is 10.6 Å². The van der Waals surface area contributed by atoms with Crippen molar-refractivity contribution in [3.8, 4) is 11.5 Å². The van der Waals surface area contributed by atoms with Crippen LogP contribution in [0.4, 0.5) is 5.69 Å². The van der Waals surface area contributed by atoms with Gasteiger partial charge in [0.05, 0.1) is 0 Å². The Morgan fingerprint density at radius 2 is 1.29 bits per heavy atom. The monoisotopic (exact) mass is 392 g/mol. The smallest absolute Gasteiger partial charge is 0.257 e. The van der Waals surface area contributed by atoms with Gasteiger partial charge >= 0.3 is 0 Å². The lowest BCUT2D eigenvalue weighted by Gasteiger charge is -2.10. The van der Waals surface area contributed by atoms with Crippen molar-refractivity contribution in [1.29, 1.82) is 0 Å². The number of ether oxygens (including phenoxy) is 2. The molecule has 0 aliphatic heterocycles. The topological polar surface area (TPSA) is 59.6 Å². The fourth-order valence-electron chi connectivity index (χ4n) is 2.40. The van der Waals surface area contributed by atoms with Gasteiger partial charge in [-0.15, -0.1) is 0 Å². The van der Waals surface area contributed by atoms with Crippen LogP contribution in [-0.4, -0.2) is 24.2 Å². The Morgan fingerprint density at radius 1 is 0.750 bits per heavy atom. The number of amides is 1. The second kappa shape index (κ2) is 10.1. The van der Waals surface area contributed by atoms with Crippen molar-refractivity contribution in [2.75, 3.05) is 18.5 Å². The normalized spacial score (nSPS) is 10.0. The molecule has 142 valence electrons. The first kappa shape index (κ1) is 19.4. The van der Waals surface area contributed by atoms with E-state index in [0.29, 0.717) is 24.5 Å². The lowest BCUT2D eigenvalue weighted by molar-refractivity contribution is 0.0977. The van der Waals surface area contributed by atoms with Crippen LogP contribution in [0.15, 0.2) is 84.9 Å². The zero-order valence-corrected chi connectivity index (χ0v) is 15.9. The van der Waals surface area contributed by atoms with Gasteiger partial charge in [-0.25, -0.2) is 0 Å². The molecule has 28 heavy (non-hydrogen) atoms. The van der Waals surface area contributed by atoms with Gasteiger partial charge in [0.2, 0.25) is 0 Å². The average molecular weight is 392 g/mol. The molecule has 0 atom stereocenters. The molecule has 0 saturated carbocycles. The summed E-state index contributed by atoms with van der Waals surface area (Å²) >= 11 is 5.17. The lowest BCUT2D eigenvalue weighted by atomic mass is 10.2. The summed E-state index contributed by atoms with van der Waals surface area (Å²) in [5.41, 5.74) is 1.30. The van der Waals surface area contributed by atoms with Gasteiger partial charge in [-0.2, -0.15) is 0 Å². The summed E-state index contributed by atoms with van der Waals surface area (Å²) in [7, 11) is 0. The molecule has 0 saturated heterocycles. The number of benzene rings is 3. The largest absolute Gasteiger partial charge is 0.490 e. The number of carbonyl (C=O) groups excluding carboxylic acids is 1. The van der Waals surface area contributed by atoms with Crippen LogP contribution in [0, 0.1) is 0 Å². The summed E-state index contributed by atoms with van der Waals surface area (Å²) in [5.74, 6) is 1.18. The molecule has 0 aromatic heterocycles. The number of para-hydroxylation sites is 2. The van der Waals surface area contributed by atoms with E-state index in [1.54, 1.807) is 24.3 Å². The van der Waals surface area contributed by atoms with Crippen LogP contribution in [0.2, 0.25) is 0 Å². The maximum absolute atomic E-state index is 12.3. The van der Waals surface area contributed by atoms with Gasteiger partial charge in [-0.1, -0.05) is 36.4 Å². The first-order valence-electron chi connectivity index (χ1n) is 8.79. The highest BCUT2D eigenvalue weighted by Crippen LogP contribution is 2.13. The number of rotatable bonds is 7. The Labute approximate surface area is 169 Å². The molecular weight excluding hydrogens is 372 g/mol. The second-order valence-corrected chi connectivity index (χ2v) is 6.22. The Bertz CT molecular complexity index is 900. The Kier molecular flexibility index (Phi) is 6.98. The van der Waals surface area contributed by atoms with Crippen molar-refractivity contribution in [2.45, 2.75) is 0 Å². The van der Waals surface area contributed by atoms with Crippen molar-refractivity contribution < 1.29 is 14.3 Å². The predicted octanol–water partition coefficient (Wildman–Crippen LogP) is 4.27. The highest BCUT2D eigenvalue weighted by atomic mass is 32.1. The summed E-state index contributed by atoms with van der Waals surface area (Å²) in [6, 6.07) is 25.8. The fraction of sp³-hybridized carbons (Fsp3) is 0.0909. The summed E-state index contributed by atoms with van der Waals surface area (Å²) in [6.07, 6.45) is 0. The van der Waals surface area contributed by atoms with Crippen LogP contribution in [0.5, 0.6) is 11.5 Å². The highest BCUT2D eigenvalue weighted by molar-refractivity contribution is 7.80. The zero-order chi connectivity index (χ0) is 19.6. The summed E-state index contributed by atoms with van der Waals surface area (Å²) in [6.45, 7) is 0.844. The molecule has 3 aromatic carbocycles. The number of thiocarbonyl (C=S) groups is 1. The molecule has 5 nitrogen and oxygen atoms in total. The van der Waals surface area contributed by atoms with Gasteiger partial charge in [-0.05, 0) is 60.7 Å². The quantitative estimate of drug-likeness (QED) is 0.464. The van der Waals surface area contributed by atoms with E-state index in [4.69, 9.17) is 21.7 Å². The Morgan fingerprint density at radius 3 is 1.89 bits per heavy atom. The van der Waals surface area contributed by atoms with Crippen LogP contribution in [0.1, 0.15) is 10.4 Å². The standard InChI is InChI=1S/C22H20N2O3S/c25-21(24-22(28)23-18-7-3-1-4-8-18)17-11-13-20(14-12-17)27-16-15-26-19-9-5-2-6-10-19/h1-14H,15-16H2,(H2,23,24,25,28). The lowest BCUT2D eigenvalue weighted by Crippen LogP contribution is -2.34. The van der Waals surface area contributed by atoms with Gasteiger partial charge in [0, 0.05) is 11.3 Å². The molecule has 0 aliphatic rings. The number of nitrogens with one attached hydrogen (secondary N) is 2. The molecule has 0 fully saturated rings. The van der Waals surface area contributed by atoms with Crippen molar-refractivity contribution >= 4 is 28.9 Å². The maximum Gasteiger partial charge on any atom is 0.257 e. The summed E-state index contributed by atoms with van der Waals surface area (Å²) < 4.78 is 11.2. The molecule has 3 rings (SSSR count). The predicted molar refractivity (Wildman–Crippen MR) is 114 cm³/mol. The number of hydrogen-bond donors (Lipinski definition) is 2.